The molecule has 1 atom stereocenters. The number of nitriles is 1. The molecular formula is C21H22ClN3O3S. The monoisotopic (exact) mass is 431 g/mol. The van der Waals surface area contributed by atoms with Crippen molar-refractivity contribution in [3.8, 4) is 6.07 Å². The largest absolute Gasteiger partial charge is 0.326 e. The van der Waals surface area contributed by atoms with E-state index >= 15 is 0 Å². The van der Waals surface area contributed by atoms with Crippen LogP contribution in [0.15, 0.2) is 48.5 Å². The van der Waals surface area contributed by atoms with Crippen LogP contribution in [0.4, 0.5) is 5.69 Å². The van der Waals surface area contributed by atoms with E-state index < -0.39 is 15.9 Å². The third kappa shape index (κ3) is 5.80. The number of nitrogens with zero attached hydrogens (tertiary/aromatic N) is 2. The zero-order chi connectivity index (χ0) is 20.9. The fourth-order valence-electron chi connectivity index (χ4n) is 3.33. The smallest absolute Gasteiger partial charge is 0.228 e. The van der Waals surface area contributed by atoms with Gasteiger partial charge in [0.05, 0.1) is 24.2 Å². The molecule has 1 saturated heterocycles. The van der Waals surface area contributed by atoms with Crippen molar-refractivity contribution in [2.24, 2.45) is 5.92 Å². The van der Waals surface area contributed by atoms with E-state index in [1.165, 1.54) is 4.31 Å². The fraction of sp³-hybridized carbons (Fsp3) is 0.333. The first-order valence-corrected chi connectivity index (χ1v) is 11.3. The molecule has 29 heavy (non-hydrogen) atoms. The summed E-state index contributed by atoms with van der Waals surface area (Å²) in [7, 11) is -3.52. The lowest BCUT2D eigenvalue weighted by molar-refractivity contribution is -0.120. The molecule has 3 rings (SSSR count). The normalized spacial score (nSPS) is 17.4. The molecule has 1 N–H and O–H groups in total. The molecule has 1 heterocycles. The Morgan fingerprint density at radius 2 is 1.79 bits per heavy atom. The minimum absolute atomic E-state index is 0.112. The molecule has 152 valence electrons. The lowest BCUT2D eigenvalue weighted by atomic mass is 9.98. The number of carbonyl (C=O) groups is 1. The Balaban J connectivity index is 1.62. The van der Waals surface area contributed by atoms with Crippen molar-refractivity contribution in [1.29, 1.82) is 5.26 Å². The van der Waals surface area contributed by atoms with Gasteiger partial charge in [0, 0.05) is 23.8 Å². The number of amides is 1. The van der Waals surface area contributed by atoms with E-state index in [4.69, 9.17) is 16.9 Å². The van der Waals surface area contributed by atoms with Crippen molar-refractivity contribution in [2.75, 3.05) is 18.4 Å². The lowest BCUT2D eigenvalue weighted by Crippen LogP contribution is -2.44. The second kappa shape index (κ2) is 9.40. The molecule has 0 unspecified atom stereocenters. The average Bonchev–Trinajstić information content (AvgIpc) is 2.71. The van der Waals surface area contributed by atoms with Gasteiger partial charge >= 0.3 is 0 Å². The van der Waals surface area contributed by atoms with Gasteiger partial charge in [0.15, 0.2) is 0 Å². The first-order chi connectivity index (χ1) is 13.9. The van der Waals surface area contributed by atoms with Gasteiger partial charge in [-0.2, -0.15) is 5.26 Å². The summed E-state index contributed by atoms with van der Waals surface area (Å²) in [6.45, 7) is 0.594. The van der Waals surface area contributed by atoms with Crippen molar-refractivity contribution >= 4 is 33.2 Å². The number of sulfonamides is 1. The van der Waals surface area contributed by atoms with Crippen LogP contribution in [0.25, 0.3) is 0 Å². The molecule has 0 saturated carbocycles. The van der Waals surface area contributed by atoms with Gasteiger partial charge in [-0.3, -0.25) is 4.79 Å². The maximum atomic E-state index is 12.8. The van der Waals surface area contributed by atoms with E-state index in [0.29, 0.717) is 42.1 Å². The molecule has 1 aliphatic heterocycles. The van der Waals surface area contributed by atoms with E-state index in [2.05, 4.69) is 11.4 Å². The van der Waals surface area contributed by atoms with Crippen LogP contribution < -0.4 is 5.32 Å². The molecule has 6 nitrogen and oxygen atoms in total. The number of anilines is 1. The Bertz CT molecular complexity index is 999. The van der Waals surface area contributed by atoms with Crippen LogP contribution in [0.1, 0.15) is 24.0 Å². The van der Waals surface area contributed by atoms with Gasteiger partial charge in [-0.25, -0.2) is 12.7 Å². The summed E-state index contributed by atoms with van der Waals surface area (Å²) in [5.74, 6) is -0.703. The van der Waals surface area contributed by atoms with Gasteiger partial charge in [0.1, 0.15) is 0 Å². The maximum absolute atomic E-state index is 12.8. The number of hydrogen-bond donors (Lipinski definition) is 1. The molecule has 1 fully saturated rings. The van der Waals surface area contributed by atoms with Gasteiger partial charge < -0.3 is 5.32 Å². The van der Waals surface area contributed by atoms with Gasteiger partial charge in [-0.15, -0.1) is 0 Å². The minimum Gasteiger partial charge on any atom is -0.326 e. The number of benzene rings is 2. The van der Waals surface area contributed by atoms with Crippen molar-refractivity contribution < 1.29 is 13.2 Å². The van der Waals surface area contributed by atoms with Crippen LogP contribution >= 0.6 is 11.6 Å². The topological polar surface area (TPSA) is 90.3 Å². The van der Waals surface area contributed by atoms with Gasteiger partial charge in [0.25, 0.3) is 0 Å². The van der Waals surface area contributed by atoms with Crippen molar-refractivity contribution in [3.63, 3.8) is 0 Å². The third-order valence-electron chi connectivity index (χ3n) is 4.92. The molecule has 2 aromatic carbocycles. The van der Waals surface area contributed by atoms with E-state index in [9.17, 15) is 13.2 Å². The Kier molecular flexibility index (Phi) is 6.91. The molecule has 8 heteroatoms. The Labute approximate surface area is 176 Å². The molecule has 0 aliphatic carbocycles. The number of nitrogens with one attached hydrogen (secondary N) is 1. The van der Waals surface area contributed by atoms with Crippen LogP contribution in [0.5, 0.6) is 0 Å². The third-order valence-corrected chi connectivity index (χ3v) is 6.98. The first-order valence-electron chi connectivity index (χ1n) is 9.36. The zero-order valence-corrected chi connectivity index (χ0v) is 17.4. The molecule has 0 radical (unpaired) electrons. The van der Waals surface area contributed by atoms with Crippen molar-refractivity contribution in [3.05, 3.63) is 64.7 Å². The number of hydrogen-bond acceptors (Lipinski definition) is 4. The van der Waals surface area contributed by atoms with Crippen LogP contribution in [0.3, 0.4) is 0 Å². The van der Waals surface area contributed by atoms with Crippen molar-refractivity contribution in [2.45, 2.75) is 25.0 Å². The van der Waals surface area contributed by atoms with Gasteiger partial charge in [-0.05, 0) is 48.2 Å². The van der Waals surface area contributed by atoms with E-state index in [1.54, 1.807) is 48.5 Å². The SMILES string of the molecule is N#CCc1ccc(NC(=O)[C@@H]2CCCN(S(=O)(=O)Cc3ccc(Cl)cc3)C2)cc1. The Morgan fingerprint density at radius 3 is 2.45 bits per heavy atom. The van der Waals surface area contributed by atoms with Crippen LogP contribution in [-0.4, -0.2) is 31.7 Å². The van der Waals surface area contributed by atoms with E-state index in [0.717, 1.165) is 5.56 Å². The maximum Gasteiger partial charge on any atom is 0.228 e. The van der Waals surface area contributed by atoms with Crippen LogP contribution in [0, 0.1) is 17.2 Å². The summed E-state index contributed by atoms with van der Waals surface area (Å²) in [6.07, 6.45) is 1.60. The summed E-state index contributed by atoms with van der Waals surface area (Å²) >= 11 is 5.86. The summed E-state index contributed by atoms with van der Waals surface area (Å²) in [5, 5.41) is 12.1. The predicted octanol–water partition coefficient (Wildman–Crippen LogP) is 3.59. The molecule has 0 aromatic heterocycles. The number of carbonyl (C=O) groups excluding carboxylic acids is 1. The molecular weight excluding hydrogens is 410 g/mol. The molecule has 0 spiro atoms. The second-order valence-electron chi connectivity index (χ2n) is 7.10. The molecule has 0 bridgehead atoms. The highest BCUT2D eigenvalue weighted by Gasteiger charge is 2.32. The minimum atomic E-state index is -3.52. The lowest BCUT2D eigenvalue weighted by Gasteiger charge is -2.31. The van der Waals surface area contributed by atoms with Crippen LogP contribution in [0.2, 0.25) is 5.02 Å². The Morgan fingerprint density at radius 1 is 1.14 bits per heavy atom. The summed E-state index contributed by atoms with van der Waals surface area (Å²) in [6, 6.07) is 15.9. The summed E-state index contributed by atoms with van der Waals surface area (Å²) in [5.41, 5.74) is 2.18. The zero-order valence-electron chi connectivity index (χ0n) is 15.8. The molecule has 1 aliphatic rings. The highest BCUT2D eigenvalue weighted by molar-refractivity contribution is 7.88. The quantitative estimate of drug-likeness (QED) is 0.756. The van der Waals surface area contributed by atoms with Gasteiger partial charge in [0.2, 0.25) is 15.9 Å². The van der Waals surface area contributed by atoms with E-state index in [-0.39, 0.29) is 18.2 Å². The summed E-state index contributed by atoms with van der Waals surface area (Å²) in [4.78, 5) is 12.6. The molecule has 2 aromatic rings. The second-order valence-corrected chi connectivity index (χ2v) is 9.51. The Hall–Kier alpha value is -2.40. The highest BCUT2D eigenvalue weighted by Crippen LogP contribution is 2.23. The van der Waals surface area contributed by atoms with E-state index in [1.807, 2.05) is 0 Å². The highest BCUT2D eigenvalue weighted by atomic mass is 35.5. The summed E-state index contributed by atoms with van der Waals surface area (Å²) < 4.78 is 27.0. The predicted molar refractivity (Wildman–Crippen MR) is 113 cm³/mol. The standard InChI is InChI=1S/C21H22ClN3O3S/c22-19-7-3-17(4-8-19)15-29(27,28)25-13-1-2-18(14-25)21(26)24-20-9-5-16(6-10-20)11-12-23/h3-10,18H,1-2,11,13-15H2,(H,24,26)/t18-/m1/s1. The fourth-order valence-corrected chi connectivity index (χ4v) is 5.07. The average molecular weight is 432 g/mol. The van der Waals surface area contributed by atoms with Crippen LogP contribution in [-0.2, 0) is 27.0 Å². The number of piperidine rings is 1. The first kappa shape index (κ1) is 21.3. The number of halogens is 1. The molecule has 1 amide bonds. The van der Waals surface area contributed by atoms with Crippen molar-refractivity contribution in [1.82, 2.24) is 4.31 Å². The van der Waals surface area contributed by atoms with Gasteiger partial charge in [-0.1, -0.05) is 35.9 Å². The number of rotatable bonds is 6.